The second-order valence-electron chi connectivity index (χ2n) is 13.6. The Labute approximate surface area is 298 Å². The lowest BCUT2D eigenvalue weighted by atomic mass is 9.98. The molecule has 0 bridgehead atoms. The second-order valence-corrected chi connectivity index (χ2v) is 14.6. The summed E-state index contributed by atoms with van der Waals surface area (Å²) in [5.74, 6) is -1.15. The molecule has 1 aliphatic rings. The SMILES string of the molecule is CCCCCCCCCCCCCCC(=O)O[C@H]1C(OC)O[C@H](COC)[C@@H](OS(=O)(=O)O)[C@@H]1OC(=O)CCCCCCCCCCCCC. The van der Waals surface area contributed by atoms with Crippen molar-refractivity contribution in [3.8, 4) is 0 Å². The zero-order chi connectivity index (χ0) is 36.2. The Hall–Kier alpha value is -1.31. The van der Waals surface area contributed by atoms with Gasteiger partial charge in [0.2, 0.25) is 0 Å². The van der Waals surface area contributed by atoms with Gasteiger partial charge in [-0.1, -0.05) is 149 Å². The fourth-order valence-electron chi connectivity index (χ4n) is 6.35. The molecule has 12 heteroatoms. The van der Waals surface area contributed by atoms with Gasteiger partial charge in [0.25, 0.3) is 0 Å². The van der Waals surface area contributed by atoms with Crippen LogP contribution in [0, 0.1) is 0 Å². The van der Waals surface area contributed by atoms with Crippen LogP contribution in [0.15, 0.2) is 0 Å². The second kappa shape index (κ2) is 29.3. The molecule has 1 fully saturated rings. The molecular formula is C37H70O11S. The zero-order valence-corrected chi connectivity index (χ0v) is 32.0. The van der Waals surface area contributed by atoms with E-state index >= 15 is 0 Å². The number of carbonyl (C=O) groups excluding carboxylic acids is 2. The Kier molecular flexibility index (Phi) is 27.3. The van der Waals surface area contributed by atoms with Crippen molar-refractivity contribution in [1.29, 1.82) is 0 Å². The van der Waals surface area contributed by atoms with Crippen LogP contribution in [0.5, 0.6) is 0 Å². The van der Waals surface area contributed by atoms with Crippen LogP contribution in [0.2, 0.25) is 0 Å². The summed E-state index contributed by atoms with van der Waals surface area (Å²) in [6, 6.07) is 0. The van der Waals surface area contributed by atoms with E-state index in [1.807, 2.05) is 0 Å². The van der Waals surface area contributed by atoms with Crippen molar-refractivity contribution in [2.24, 2.45) is 0 Å². The highest BCUT2D eigenvalue weighted by Gasteiger charge is 2.53. The van der Waals surface area contributed by atoms with Crippen molar-refractivity contribution in [3.63, 3.8) is 0 Å². The largest absolute Gasteiger partial charge is 0.455 e. The summed E-state index contributed by atoms with van der Waals surface area (Å²) >= 11 is 0. The fourth-order valence-corrected chi connectivity index (χ4v) is 6.86. The van der Waals surface area contributed by atoms with E-state index in [0.29, 0.717) is 12.8 Å². The van der Waals surface area contributed by atoms with Crippen LogP contribution in [0.25, 0.3) is 0 Å². The molecule has 0 aliphatic carbocycles. The Bertz CT molecular complexity index is 929. The van der Waals surface area contributed by atoms with Crippen LogP contribution in [0.4, 0.5) is 0 Å². The molecule has 0 aromatic rings. The topological polar surface area (TPSA) is 144 Å². The molecule has 1 saturated heterocycles. The van der Waals surface area contributed by atoms with Crippen LogP contribution in [-0.2, 0) is 47.9 Å². The van der Waals surface area contributed by atoms with E-state index in [4.69, 9.17) is 27.9 Å². The van der Waals surface area contributed by atoms with Crippen LogP contribution < -0.4 is 0 Å². The maximum atomic E-state index is 13.0. The van der Waals surface area contributed by atoms with Crippen molar-refractivity contribution in [2.75, 3.05) is 20.8 Å². The molecule has 1 unspecified atom stereocenters. The summed E-state index contributed by atoms with van der Waals surface area (Å²) in [5, 5.41) is 0. The van der Waals surface area contributed by atoms with Gasteiger partial charge in [-0.2, -0.15) is 8.42 Å². The van der Waals surface area contributed by atoms with Crippen molar-refractivity contribution in [1.82, 2.24) is 0 Å². The molecule has 11 nitrogen and oxygen atoms in total. The monoisotopic (exact) mass is 722 g/mol. The minimum atomic E-state index is -5.00. The number of carbonyl (C=O) groups is 2. The maximum Gasteiger partial charge on any atom is 0.397 e. The Morgan fingerprint density at radius 2 is 0.939 bits per heavy atom. The molecule has 0 aromatic carbocycles. The first-order valence-electron chi connectivity index (χ1n) is 19.4. The predicted molar refractivity (Wildman–Crippen MR) is 191 cm³/mol. The molecule has 1 rings (SSSR count). The molecule has 5 atom stereocenters. The van der Waals surface area contributed by atoms with Gasteiger partial charge in [0, 0.05) is 27.1 Å². The summed E-state index contributed by atoms with van der Waals surface area (Å²) in [5.41, 5.74) is 0. The molecule has 0 spiro atoms. The standard InChI is InChI=1S/C37H70O11S/c1-5-7-9-11-13-15-17-19-21-23-25-27-29-33(39)47-36-35(34(48-49(40,41)42)31(30-43-3)45-37(36)44-4)46-32(38)28-26-24-22-20-18-16-14-12-10-8-6-2/h31,34-37H,5-30H2,1-4H3,(H,40,41,42)/t31-,34-,35+,36-,37?/m1/s1. The number of unbranched alkanes of at least 4 members (excludes halogenated alkanes) is 21. The van der Waals surface area contributed by atoms with Gasteiger partial charge in [-0.3, -0.25) is 14.1 Å². The van der Waals surface area contributed by atoms with Crippen molar-refractivity contribution < 1.29 is 50.4 Å². The minimum absolute atomic E-state index is 0.0963. The third-order valence-electron chi connectivity index (χ3n) is 9.14. The van der Waals surface area contributed by atoms with Gasteiger partial charge in [-0.05, 0) is 12.8 Å². The van der Waals surface area contributed by atoms with E-state index in [9.17, 15) is 22.6 Å². The smallest absolute Gasteiger partial charge is 0.397 e. The van der Waals surface area contributed by atoms with Crippen LogP contribution in [0.1, 0.15) is 174 Å². The van der Waals surface area contributed by atoms with Crippen molar-refractivity contribution >= 4 is 22.3 Å². The fraction of sp³-hybridized carbons (Fsp3) is 0.946. The highest BCUT2D eigenvalue weighted by atomic mass is 32.3. The summed E-state index contributed by atoms with van der Waals surface area (Å²) in [6.45, 7) is 4.28. The normalized spacial score (nSPS) is 21.1. The first-order chi connectivity index (χ1) is 23.7. The Morgan fingerprint density at radius 1 is 0.571 bits per heavy atom. The number of hydrogen-bond acceptors (Lipinski definition) is 10. The third-order valence-corrected chi connectivity index (χ3v) is 9.61. The first kappa shape index (κ1) is 45.7. The Balaban J connectivity index is 2.67. The summed E-state index contributed by atoms with van der Waals surface area (Å²) in [7, 11) is -2.28. The molecule has 290 valence electrons. The van der Waals surface area contributed by atoms with E-state index < -0.39 is 53.0 Å². The minimum Gasteiger partial charge on any atom is -0.455 e. The molecular weight excluding hydrogens is 652 g/mol. The average Bonchev–Trinajstić information content (AvgIpc) is 3.06. The number of methoxy groups -OCH3 is 2. The lowest BCUT2D eigenvalue weighted by Crippen LogP contribution is -2.62. The van der Waals surface area contributed by atoms with Crippen LogP contribution >= 0.6 is 0 Å². The molecule has 0 radical (unpaired) electrons. The lowest BCUT2D eigenvalue weighted by Gasteiger charge is -2.43. The molecule has 0 aromatic heterocycles. The number of esters is 2. The van der Waals surface area contributed by atoms with Gasteiger partial charge in [0.15, 0.2) is 18.5 Å². The predicted octanol–water partition coefficient (Wildman–Crippen LogP) is 8.81. The molecule has 1 heterocycles. The van der Waals surface area contributed by atoms with E-state index in [1.165, 1.54) is 111 Å². The van der Waals surface area contributed by atoms with Crippen LogP contribution in [0.3, 0.4) is 0 Å². The van der Waals surface area contributed by atoms with Gasteiger partial charge in [0.1, 0.15) is 12.2 Å². The molecule has 0 saturated carbocycles. The van der Waals surface area contributed by atoms with Gasteiger partial charge in [-0.25, -0.2) is 4.18 Å². The number of rotatable bonds is 32. The number of ether oxygens (including phenoxy) is 5. The molecule has 1 aliphatic heterocycles. The quantitative estimate of drug-likeness (QED) is 0.0404. The highest BCUT2D eigenvalue weighted by Crippen LogP contribution is 2.31. The highest BCUT2D eigenvalue weighted by molar-refractivity contribution is 7.80. The van der Waals surface area contributed by atoms with Gasteiger partial charge < -0.3 is 23.7 Å². The average molecular weight is 723 g/mol. The van der Waals surface area contributed by atoms with Crippen LogP contribution in [-0.4, -0.2) is 76.4 Å². The van der Waals surface area contributed by atoms with E-state index in [0.717, 1.165) is 38.5 Å². The Morgan fingerprint density at radius 3 is 1.29 bits per heavy atom. The molecule has 0 amide bonds. The van der Waals surface area contributed by atoms with Gasteiger partial charge in [-0.15, -0.1) is 0 Å². The van der Waals surface area contributed by atoms with E-state index in [1.54, 1.807) is 0 Å². The van der Waals surface area contributed by atoms with E-state index in [2.05, 4.69) is 13.8 Å². The number of hydrogen-bond donors (Lipinski definition) is 1. The summed E-state index contributed by atoms with van der Waals surface area (Å²) in [6.07, 6.45) is 19.9. The molecule has 49 heavy (non-hydrogen) atoms. The summed E-state index contributed by atoms with van der Waals surface area (Å²) in [4.78, 5) is 26.0. The van der Waals surface area contributed by atoms with Crippen molar-refractivity contribution in [3.05, 3.63) is 0 Å². The maximum absolute atomic E-state index is 13.0. The summed E-state index contributed by atoms with van der Waals surface area (Å²) < 4.78 is 66.1. The first-order valence-corrected chi connectivity index (χ1v) is 20.7. The van der Waals surface area contributed by atoms with Gasteiger partial charge >= 0.3 is 22.3 Å². The van der Waals surface area contributed by atoms with E-state index in [-0.39, 0.29) is 19.4 Å². The van der Waals surface area contributed by atoms with Crippen molar-refractivity contribution in [2.45, 2.75) is 205 Å². The van der Waals surface area contributed by atoms with Gasteiger partial charge in [0.05, 0.1) is 6.61 Å². The third kappa shape index (κ3) is 23.0. The molecule has 1 N–H and O–H groups in total. The zero-order valence-electron chi connectivity index (χ0n) is 31.2. The lowest BCUT2D eigenvalue weighted by molar-refractivity contribution is -0.297.